The molecular weight excluding hydrogens is 330 g/mol. The van der Waals surface area contributed by atoms with Crippen molar-refractivity contribution >= 4 is 38.9 Å². The highest BCUT2D eigenvalue weighted by Crippen LogP contribution is 2.31. The molecule has 0 spiro atoms. The standard InChI is InChI=1S/C14H15BrClNS/c1-2-17-13(14-12(15)7-8-18-14)9-10-3-5-11(16)6-4-10/h3-8,13,17H,2,9H2,1H3. The molecule has 1 aromatic heterocycles. The van der Waals surface area contributed by atoms with E-state index in [0.717, 1.165) is 18.0 Å². The van der Waals surface area contributed by atoms with Crippen molar-refractivity contribution in [2.24, 2.45) is 0 Å². The van der Waals surface area contributed by atoms with E-state index in [0.29, 0.717) is 6.04 Å². The van der Waals surface area contributed by atoms with E-state index in [4.69, 9.17) is 11.6 Å². The summed E-state index contributed by atoms with van der Waals surface area (Å²) in [5.41, 5.74) is 1.30. The molecule has 1 nitrogen and oxygen atoms in total. The lowest BCUT2D eigenvalue weighted by atomic mass is 10.0. The molecule has 1 unspecified atom stereocenters. The van der Waals surface area contributed by atoms with Gasteiger partial charge >= 0.3 is 0 Å². The van der Waals surface area contributed by atoms with Crippen LogP contribution in [-0.2, 0) is 6.42 Å². The summed E-state index contributed by atoms with van der Waals surface area (Å²) in [6.45, 7) is 3.10. The second kappa shape index (κ2) is 6.71. The van der Waals surface area contributed by atoms with Gasteiger partial charge in [-0.15, -0.1) is 11.3 Å². The van der Waals surface area contributed by atoms with Crippen LogP contribution >= 0.6 is 38.9 Å². The van der Waals surface area contributed by atoms with Gasteiger partial charge in [0.15, 0.2) is 0 Å². The third-order valence-electron chi connectivity index (χ3n) is 2.76. The lowest BCUT2D eigenvalue weighted by Crippen LogP contribution is -2.22. The van der Waals surface area contributed by atoms with Crippen molar-refractivity contribution in [3.63, 3.8) is 0 Å². The number of benzene rings is 1. The first-order valence-electron chi connectivity index (χ1n) is 5.91. The van der Waals surface area contributed by atoms with Crippen LogP contribution in [0.25, 0.3) is 0 Å². The quantitative estimate of drug-likeness (QED) is 0.799. The fourth-order valence-corrected chi connectivity index (χ4v) is 3.77. The van der Waals surface area contributed by atoms with Gasteiger partial charge in [-0.3, -0.25) is 0 Å². The molecule has 0 bridgehead atoms. The number of halogens is 2. The summed E-state index contributed by atoms with van der Waals surface area (Å²) in [5, 5.41) is 6.44. The monoisotopic (exact) mass is 343 g/mol. The molecule has 0 radical (unpaired) electrons. The molecule has 1 N–H and O–H groups in total. The second-order valence-electron chi connectivity index (χ2n) is 4.07. The summed E-state index contributed by atoms with van der Waals surface area (Å²) in [5.74, 6) is 0. The summed E-state index contributed by atoms with van der Waals surface area (Å²) < 4.78 is 1.19. The van der Waals surface area contributed by atoms with Gasteiger partial charge in [-0.1, -0.05) is 30.7 Å². The van der Waals surface area contributed by atoms with Crippen molar-refractivity contribution in [2.75, 3.05) is 6.54 Å². The smallest absolute Gasteiger partial charge is 0.0467 e. The van der Waals surface area contributed by atoms with E-state index in [-0.39, 0.29) is 0 Å². The van der Waals surface area contributed by atoms with E-state index < -0.39 is 0 Å². The van der Waals surface area contributed by atoms with Crippen molar-refractivity contribution in [2.45, 2.75) is 19.4 Å². The zero-order chi connectivity index (χ0) is 13.0. The zero-order valence-electron chi connectivity index (χ0n) is 10.1. The molecule has 4 heteroatoms. The Morgan fingerprint density at radius 3 is 2.56 bits per heavy atom. The van der Waals surface area contributed by atoms with E-state index in [1.807, 2.05) is 12.1 Å². The second-order valence-corrected chi connectivity index (χ2v) is 6.31. The third-order valence-corrected chi connectivity index (χ3v) is 5.00. The Balaban J connectivity index is 2.16. The maximum Gasteiger partial charge on any atom is 0.0467 e. The van der Waals surface area contributed by atoms with Crippen LogP contribution in [0.3, 0.4) is 0 Å². The number of nitrogens with one attached hydrogen (secondary N) is 1. The summed E-state index contributed by atoms with van der Waals surface area (Å²) in [6.07, 6.45) is 0.976. The highest BCUT2D eigenvalue weighted by atomic mass is 79.9. The Kier molecular flexibility index (Phi) is 5.25. The first-order chi connectivity index (χ1) is 8.70. The lowest BCUT2D eigenvalue weighted by Gasteiger charge is -2.17. The molecule has 0 aliphatic heterocycles. The number of hydrogen-bond acceptors (Lipinski definition) is 2. The number of thiophene rings is 1. The van der Waals surface area contributed by atoms with Gasteiger partial charge in [0.25, 0.3) is 0 Å². The van der Waals surface area contributed by atoms with Crippen LogP contribution in [0.4, 0.5) is 0 Å². The molecule has 0 fully saturated rings. The first kappa shape index (κ1) is 14.1. The topological polar surface area (TPSA) is 12.0 Å². The molecule has 1 atom stereocenters. The van der Waals surface area contributed by atoms with Crippen molar-refractivity contribution in [1.29, 1.82) is 0 Å². The fourth-order valence-electron chi connectivity index (χ4n) is 1.91. The predicted octanol–water partition coefficient (Wildman–Crippen LogP) is 5.06. The van der Waals surface area contributed by atoms with Gasteiger partial charge in [0.05, 0.1) is 0 Å². The van der Waals surface area contributed by atoms with E-state index in [2.05, 4.69) is 51.7 Å². The Labute approximate surface area is 125 Å². The van der Waals surface area contributed by atoms with Crippen LogP contribution in [0.1, 0.15) is 23.4 Å². The van der Waals surface area contributed by atoms with Crippen molar-refractivity contribution in [3.8, 4) is 0 Å². The van der Waals surface area contributed by atoms with Gasteiger partial charge in [-0.05, 0) is 58.0 Å². The maximum atomic E-state index is 5.91. The normalized spacial score (nSPS) is 12.6. The van der Waals surface area contributed by atoms with E-state index in [1.54, 1.807) is 11.3 Å². The Hall–Kier alpha value is -0.350. The Morgan fingerprint density at radius 2 is 2.00 bits per heavy atom. The minimum Gasteiger partial charge on any atom is -0.309 e. The van der Waals surface area contributed by atoms with Gasteiger partial charge in [0.1, 0.15) is 0 Å². The molecular formula is C14H15BrClNS. The minimum absolute atomic E-state index is 0.352. The molecule has 1 aromatic carbocycles. The average molecular weight is 345 g/mol. The number of rotatable bonds is 5. The van der Waals surface area contributed by atoms with Crippen LogP contribution < -0.4 is 5.32 Å². The highest BCUT2D eigenvalue weighted by molar-refractivity contribution is 9.10. The summed E-state index contributed by atoms with van der Waals surface area (Å²) in [4.78, 5) is 1.35. The average Bonchev–Trinajstić information content (AvgIpc) is 2.78. The molecule has 0 saturated carbocycles. The van der Waals surface area contributed by atoms with Crippen LogP contribution in [0.2, 0.25) is 5.02 Å². The summed E-state index contributed by atoms with van der Waals surface area (Å²) >= 11 is 11.3. The third kappa shape index (κ3) is 3.58. The van der Waals surface area contributed by atoms with Gasteiger partial charge in [-0.2, -0.15) is 0 Å². The molecule has 2 aromatic rings. The lowest BCUT2D eigenvalue weighted by molar-refractivity contribution is 0.556. The maximum absolute atomic E-state index is 5.91. The Morgan fingerprint density at radius 1 is 1.28 bits per heavy atom. The molecule has 0 saturated heterocycles. The van der Waals surface area contributed by atoms with Crippen molar-refractivity contribution in [1.82, 2.24) is 5.32 Å². The molecule has 2 rings (SSSR count). The number of hydrogen-bond donors (Lipinski definition) is 1. The SMILES string of the molecule is CCNC(Cc1ccc(Cl)cc1)c1sccc1Br. The van der Waals surface area contributed by atoms with Crippen LogP contribution in [0, 0.1) is 0 Å². The summed E-state index contributed by atoms with van der Waals surface area (Å²) in [6, 6.07) is 10.5. The summed E-state index contributed by atoms with van der Waals surface area (Å²) in [7, 11) is 0. The van der Waals surface area contributed by atoms with Crippen molar-refractivity contribution < 1.29 is 0 Å². The fraction of sp³-hybridized carbons (Fsp3) is 0.286. The van der Waals surface area contributed by atoms with Gasteiger partial charge in [0.2, 0.25) is 0 Å². The predicted molar refractivity (Wildman–Crippen MR) is 83.6 cm³/mol. The van der Waals surface area contributed by atoms with E-state index in [9.17, 15) is 0 Å². The molecule has 0 amide bonds. The van der Waals surface area contributed by atoms with Gasteiger partial charge in [-0.25, -0.2) is 0 Å². The molecule has 0 aliphatic rings. The molecule has 1 heterocycles. The van der Waals surface area contributed by atoms with Crippen LogP contribution in [0.5, 0.6) is 0 Å². The molecule has 18 heavy (non-hydrogen) atoms. The first-order valence-corrected chi connectivity index (χ1v) is 7.96. The van der Waals surface area contributed by atoms with Gasteiger partial charge in [0, 0.05) is 20.4 Å². The molecule has 0 aliphatic carbocycles. The largest absolute Gasteiger partial charge is 0.309 e. The van der Waals surface area contributed by atoms with Crippen LogP contribution in [-0.4, -0.2) is 6.54 Å². The molecule has 96 valence electrons. The highest BCUT2D eigenvalue weighted by Gasteiger charge is 2.15. The minimum atomic E-state index is 0.352. The van der Waals surface area contributed by atoms with E-state index in [1.165, 1.54) is 14.9 Å². The number of likely N-dealkylation sites (N-methyl/N-ethyl adjacent to an activating group) is 1. The van der Waals surface area contributed by atoms with Crippen molar-refractivity contribution in [3.05, 3.63) is 55.6 Å². The Bertz CT molecular complexity index is 495. The van der Waals surface area contributed by atoms with E-state index >= 15 is 0 Å². The zero-order valence-corrected chi connectivity index (χ0v) is 13.3. The van der Waals surface area contributed by atoms with Gasteiger partial charge < -0.3 is 5.32 Å². The van der Waals surface area contributed by atoms with Crippen LogP contribution in [0.15, 0.2) is 40.2 Å².